The summed E-state index contributed by atoms with van der Waals surface area (Å²) in [6.45, 7) is -0.503. The van der Waals surface area contributed by atoms with Gasteiger partial charge in [-0.2, -0.15) is 0 Å². The molecule has 0 aromatic rings. The second kappa shape index (κ2) is 7.10. The minimum Gasteiger partial charge on any atom is -0.385 e. The molecule has 0 bridgehead atoms. The highest BCUT2D eigenvalue weighted by molar-refractivity contribution is 7.51. The van der Waals surface area contributed by atoms with Crippen LogP contribution < -0.4 is 5.73 Å². The first kappa shape index (κ1) is 19.6. The normalized spacial score (nSPS) is 34.2. The third kappa shape index (κ3) is 4.56. The Kier molecular flexibility index (Phi) is 5.35. The summed E-state index contributed by atoms with van der Waals surface area (Å²) in [7, 11) is -9.11. The van der Waals surface area contributed by atoms with Gasteiger partial charge in [0.2, 0.25) is 0 Å². The van der Waals surface area contributed by atoms with Crippen LogP contribution in [0.15, 0.2) is 15.0 Å². The summed E-state index contributed by atoms with van der Waals surface area (Å²) >= 11 is 0. The molecule has 3 heterocycles. The lowest BCUT2D eigenvalue weighted by Gasteiger charge is -2.30. The molecule has 0 amide bonds. The number of nitrogens with zero attached hydrogens (tertiary/aromatic N) is 4. The van der Waals surface area contributed by atoms with Crippen molar-refractivity contribution in [1.29, 1.82) is 0 Å². The standard InChI is InChI=1S/C11H19N5O8P2/c12-10-9-11(14-4-13-10)16(5-15-9)8-1-6(3-25(17,18)19)7(24-8)2-23-26(20,21)22/h4-9,11H,1-3H2,(H2,12,13,14)(H2,17,18,19)(H2,20,21,22). The Balaban J connectivity index is 1.72. The molecule has 0 radical (unpaired) electrons. The van der Waals surface area contributed by atoms with Crippen molar-refractivity contribution in [2.24, 2.45) is 26.6 Å². The molecule has 1 fully saturated rings. The predicted octanol–water partition coefficient (Wildman–Crippen LogP) is -1.56. The maximum absolute atomic E-state index is 11.4. The smallest absolute Gasteiger partial charge is 0.385 e. The Morgan fingerprint density at radius 3 is 2.69 bits per heavy atom. The van der Waals surface area contributed by atoms with Gasteiger partial charge in [-0.25, -0.2) is 14.5 Å². The van der Waals surface area contributed by atoms with Gasteiger partial charge < -0.3 is 34.9 Å². The monoisotopic (exact) mass is 411 g/mol. The van der Waals surface area contributed by atoms with Gasteiger partial charge in [0, 0.05) is 5.92 Å². The Hall–Kier alpha value is -1.17. The minimum atomic E-state index is -4.74. The Morgan fingerprint density at radius 2 is 2.04 bits per heavy atom. The maximum Gasteiger partial charge on any atom is 0.469 e. The van der Waals surface area contributed by atoms with Crippen LogP contribution in [0.3, 0.4) is 0 Å². The lowest BCUT2D eigenvalue weighted by atomic mass is 10.0. The van der Waals surface area contributed by atoms with Crippen LogP contribution in [0.25, 0.3) is 0 Å². The Morgan fingerprint density at radius 1 is 1.31 bits per heavy atom. The summed E-state index contributed by atoms with van der Waals surface area (Å²) in [6, 6.07) is -0.478. The quantitative estimate of drug-likeness (QED) is 0.318. The fourth-order valence-electron chi connectivity index (χ4n) is 3.15. The molecular weight excluding hydrogens is 392 g/mol. The van der Waals surface area contributed by atoms with Crippen molar-refractivity contribution in [3.8, 4) is 0 Å². The van der Waals surface area contributed by atoms with Crippen molar-refractivity contribution >= 4 is 33.9 Å². The van der Waals surface area contributed by atoms with Crippen LogP contribution in [0.2, 0.25) is 0 Å². The summed E-state index contributed by atoms with van der Waals surface area (Å²) in [5.41, 5.74) is 5.78. The molecule has 146 valence electrons. The SMILES string of the molecule is NC1=NC=NC2C1N=CN2C1CC(CP(=O)(O)O)C(COP(=O)(O)O)O1. The van der Waals surface area contributed by atoms with Crippen LogP contribution in [-0.2, 0) is 18.4 Å². The molecule has 0 aromatic carbocycles. The van der Waals surface area contributed by atoms with Crippen molar-refractivity contribution < 1.29 is 38.0 Å². The average molecular weight is 411 g/mol. The fourth-order valence-corrected chi connectivity index (χ4v) is 4.49. The van der Waals surface area contributed by atoms with Crippen molar-refractivity contribution in [2.45, 2.75) is 31.0 Å². The minimum absolute atomic E-state index is 0.197. The molecule has 5 atom stereocenters. The van der Waals surface area contributed by atoms with Gasteiger partial charge in [-0.1, -0.05) is 0 Å². The van der Waals surface area contributed by atoms with Crippen molar-refractivity contribution in [3.05, 3.63) is 0 Å². The zero-order valence-electron chi connectivity index (χ0n) is 13.3. The highest BCUT2D eigenvalue weighted by Gasteiger charge is 2.46. The molecule has 0 spiro atoms. The lowest BCUT2D eigenvalue weighted by molar-refractivity contribution is -0.0525. The number of amidine groups is 1. The van der Waals surface area contributed by atoms with E-state index >= 15 is 0 Å². The first-order valence-electron chi connectivity index (χ1n) is 7.59. The summed E-state index contributed by atoms with van der Waals surface area (Å²) in [6.07, 6.45) is 0.423. The first-order valence-corrected chi connectivity index (χ1v) is 10.9. The lowest BCUT2D eigenvalue weighted by Crippen LogP contribution is -2.47. The molecule has 0 aromatic heterocycles. The Labute approximate surface area is 148 Å². The van der Waals surface area contributed by atoms with Crippen molar-refractivity contribution in [3.63, 3.8) is 0 Å². The van der Waals surface area contributed by atoms with Crippen LogP contribution in [0.5, 0.6) is 0 Å². The summed E-state index contributed by atoms with van der Waals surface area (Å²) in [4.78, 5) is 50.2. The summed E-state index contributed by atoms with van der Waals surface area (Å²) in [5, 5.41) is 0. The number of aliphatic imine (C=N–C) groups is 3. The largest absolute Gasteiger partial charge is 0.469 e. The third-order valence-electron chi connectivity index (χ3n) is 4.25. The molecule has 5 unspecified atom stereocenters. The van der Waals surface area contributed by atoms with E-state index in [1.54, 1.807) is 4.90 Å². The highest BCUT2D eigenvalue weighted by atomic mass is 31.2. The predicted molar refractivity (Wildman–Crippen MR) is 89.7 cm³/mol. The molecule has 1 saturated heterocycles. The van der Waals surface area contributed by atoms with Gasteiger partial charge in [0.05, 0.1) is 25.2 Å². The van der Waals surface area contributed by atoms with Gasteiger partial charge >= 0.3 is 15.4 Å². The third-order valence-corrected chi connectivity index (χ3v) is 5.68. The molecule has 26 heavy (non-hydrogen) atoms. The molecule has 6 N–H and O–H groups in total. The molecule has 3 aliphatic heterocycles. The number of nitrogens with two attached hydrogens (primary N) is 1. The average Bonchev–Trinajstić information content (AvgIpc) is 3.07. The number of fused-ring (bicyclic) bond motifs is 1. The number of phosphoric ester groups is 1. The number of hydrogen-bond donors (Lipinski definition) is 5. The highest BCUT2D eigenvalue weighted by Crippen LogP contribution is 2.45. The van der Waals surface area contributed by atoms with Crippen molar-refractivity contribution in [2.75, 3.05) is 12.8 Å². The van der Waals surface area contributed by atoms with Gasteiger partial charge in [0.1, 0.15) is 24.4 Å². The molecule has 15 heteroatoms. The van der Waals surface area contributed by atoms with Crippen LogP contribution >= 0.6 is 15.4 Å². The fraction of sp³-hybridized carbons (Fsp3) is 0.727. The van der Waals surface area contributed by atoms with E-state index in [-0.39, 0.29) is 12.3 Å². The summed E-state index contributed by atoms with van der Waals surface area (Å²) in [5.74, 6) is -0.381. The molecule has 3 aliphatic rings. The Bertz CT molecular complexity index is 732. The van der Waals surface area contributed by atoms with Gasteiger partial charge in [-0.3, -0.25) is 14.1 Å². The maximum atomic E-state index is 11.4. The van der Waals surface area contributed by atoms with E-state index in [0.717, 1.165) is 0 Å². The molecule has 0 aliphatic carbocycles. The van der Waals surface area contributed by atoms with E-state index in [2.05, 4.69) is 19.5 Å². The van der Waals surface area contributed by atoms with E-state index in [1.807, 2.05) is 0 Å². The second-order valence-corrected chi connectivity index (χ2v) is 9.08. The van der Waals surface area contributed by atoms with Crippen LogP contribution in [-0.4, -0.2) is 80.3 Å². The van der Waals surface area contributed by atoms with Gasteiger partial charge in [0.25, 0.3) is 0 Å². The van der Waals surface area contributed by atoms with E-state index in [4.69, 9.17) is 20.3 Å². The molecule has 3 rings (SSSR count). The number of rotatable bonds is 6. The van der Waals surface area contributed by atoms with E-state index < -0.39 is 58.6 Å². The number of hydrogen-bond acceptors (Lipinski definition) is 9. The zero-order valence-corrected chi connectivity index (χ0v) is 15.1. The first-order chi connectivity index (χ1) is 12.0. The van der Waals surface area contributed by atoms with Crippen LogP contribution in [0.1, 0.15) is 6.42 Å². The number of phosphoric acid groups is 1. The van der Waals surface area contributed by atoms with E-state index in [9.17, 15) is 18.9 Å². The molecular formula is C11H19N5O8P2. The van der Waals surface area contributed by atoms with Crippen molar-refractivity contribution in [1.82, 2.24) is 4.90 Å². The van der Waals surface area contributed by atoms with Crippen LogP contribution in [0, 0.1) is 5.92 Å². The second-order valence-electron chi connectivity index (χ2n) is 6.15. The topological polar surface area (TPSA) is 200 Å². The molecule has 13 nitrogen and oxygen atoms in total. The zero-order chi connectivity index (χ0) is 19.1. The van der Waals surface area contributed by atoms with Gasteiger partial charge in [-0.05, 0) is 6.42 Å². The van der Waals surface area contributed by atoms with Gasteiger partial charge in [0.15, 0.2) is 6.17 Å². The summed E-state index contributed by atoms with van der Waals surface area (Å²) < 4.78 is 32.5. The van der Waals surface area contributed by atoms with Gasteiger partial charge in [-0.15, -0.1) is 0 Å². The van der Waals surface area contributed by atoms with Crippen LogP contribution in [0.4, 0.5) is 0 Å². The molecule has 0 saturated carbocycles. The number of ether oxygens (including phenoxy) is 1. The van der Waals surface area contributed by atoms with E-state index in [0.29, 0.717) is 0 Å². The van der Waals surface area contributed by atoms with E-state index in [1.165, 1.54) is 12.7 Å².